The number of oxazole rings is 1. The number of fused-ring (bicyclic) bond motifs is 2. The van der Waals surface area contributed by atoms with Gasteiger partial charge in [-0.3, -0.25) is 14.8 Å². The second-order valence-corrected chi connectivity index (χ2v) is 14.1. The number of aromatic nitrogens is 3. The lowest BCUT2D eigenvalue weighted by Gasteiger charge is -2.17. The fourth-order valence-electron chi connectivity index (χ4n) is 7.66. The van der Waals surface area contributed by atoms with Crippen LogP contribution in [-0.4, -0.2) is 62.1 Å². The Hall–Kier alpha value is -5.14. The summed E-state index contributed by atoms with van der Waals surface area (Å²) in [6.07, 6.45) is 5.52. The van der Waals surface area contributed by atoms with Crippen molar-refractivity contribution in [3.05, 3.63) is 101 Å². The van der Waals surface area contributed by atoms with Crippen LogP contribution in [0.15, 0.2) is 77.5 Å². The van der Waals surface area contributed by atoms with Gasteiger partial charge in [-0.1, -0.05) is 31.2 Å². The van der Waals surface area contributed by atoms with Gasteiger partial charge in [0.2, 0.25) is 5.89 Å². The molecule has 50 heavy (non-hydrogen) atoms. The lowest BCUT2D eigenvalue weighted by atomic mass is 9.93. The Kier molecular flexibility index (Phi) is 8.53. The molecule has 2 fully saturated rings. The molecule has 2 N–H and O–H groups in total. The van der Waals surface area contributed by atoms with Gasteiger partial charge in [0.05, 0.1) is 11.7 Å². The number of nitrogens with zero attached hydrogens (tertiary/aromatic N) is 6. The van der Waals surface area contributed by atoms with Crippen molar-refractivity contribution in [1.82, 2.24) is 24.8 Å². The minimum Gasteiger partial charge on any atom is -0.435 e. The minimum atomic E-state index is -0.240. The number of nitrogens with one attached hydrogen (secondary N) is 1. The van der Waals surface area contributed by atoms with Gasteiger partial charge in [0, 0.05) is 61.8 Å². The van der Waals surface area contributed by atoms with Crippen molar-refractivity contribution in [3.8, 4) is 28.7 Å². The molecule has 0 saturated carbocycles. The van der Waals surface area contributed by atoms with E-state index >= 15 is 0 Å². The second kappa shape index (κ2) is 13.3. The van der Waals surface area contributed by atoms with Crippen LogP contribution in [-0.2, 0) is 13.1 Å². The molecule has 0 spiro atoms. The van der Waals surface area contributed by atoms with E-state index in [9.17, 15) is 10.4 Å². The molecule has 0 radical (unpaired) electrons. The molecule has 0 amide bonds. The van der Waals surface area contributed by atoms with Crippen molar-refractivity contribution in [3.63, 3.8) is 0 Å². The van der Waals surface area contributed by atoms with E-state index in [0.717, 1.165) is 94.7 Å². The maximum Gasteiger partial charge on any atom is 0.227 e. The summed E-state index contributed by atoms with van der Waals surface area (Å²) < 4.78 is 6.33. The Bertz CT molecular complexity index is 2270. The molecule has 252 valence electrons. The number of hydrogen-bond donors (Lipinski definition) is 2. The highest BCUT2D eigenvalue weighted by Gasteiger charge is 2.23. The van der Waals surface area contributed by atoms with E-state index in [1.54, 1.807) is 0 Å². The third kappa shape index (κ3) is 6.22. The van der Waals surface area contributed by atoms with E-state index < -0.39 is 0 Å². The molecule has 8 rings (SSSR count). The predicted molar refractivity (Wildman–Crippen MR) is 197 cm³/mol. The van der Waals surface area contributed by atoms with Crippen molar-refractivity contribution < 1.29 is 9.52 Å². The van der Waals surface area contributed by atoms with Crippen molar-refractivity contribution in [2.24, 2.45) is 5.92 Å². The molecule has 6 aromatic rings. The lowest BCUT2D eigenvalue weighted by molar-refractivity contribution is 0.175. The summed E-state index contributed by atoms with van der Waals surface area (Å²) in [4.78, 5) is 19.1. The number of β-amino-alcohol motifs (C(OH)–C–C–N with tert-alkyl or cyclic N) is 1. The van der Waals surface area contributed by atoms with Gasteiger partial charge in [-0.25, -0.2) is 9.97 Å². The van der Waals surface area contributed by atoms with E-state index in [1.807, 2.05) is 36.7 Å². The number of anilines is 2. The first kappa shape index (κ1) is 32.1. The highest BCUT2D eigenvalue weighted by atomic mass is 16.3. The number of aliphatic hydroxyl groups is 1. The number of rotatable bonds is 8. The van der Waals surface area contributed by atoms with E-state index in [1.165, 1.54) is 6.42 Å². The molecule has 3 aromatic heterocycles. The van der Waals surface area contributed by atoms with Gasteiger partial charge < -0.3 is 14.8 Å². The van der Waals surface area contributed by atoms with Gasteiger partial charge in [-0.15, -0.1) is 0 Å². The summed E-state index contributed by atoms with van der Waals surface area (Å²) in [6, 6.07) is 23.0. The molecule has 2 saturated heterocycles. The van der Waals surface area contributed by atoms with Gasteiger partial charge in [0.1, 0.15) is 17.1 Å². The average Bonchev–Trinajstić information content (AvgIpc) is 3.85. The zero-order valence-electron chi connectivity index (χ0n) is 28.8. The molecular weight excluding hydrogens is 622 g/mol. The molecular formula is C41H41N7O2. The standard InChI is InChI=1S/C41H41N7O2/c1-25-11-14-47(21-25)22-28-16-31(19-42)39-37(18-28)46-41(50-39)35-8-4-6-33(26(35)2)34-7-5-9-36(27(34)3)45-40-38-30(10-13-43-40)17-29(20-44-38)23-48-15-12-32(49)24-48/h4-10,13,16-18,20,25,32,49H,11-12,14-15,21-24H2,1-3H3,(H,43,45)/t25-,32-/m1/s1. The minimum absolute atomic E-state index is 0.240. The van der Waals surface area contributed by atoms with Crippen molar-refractivity contribution >= 4 is 33.5 Å². The Morgan fingerprint density at radius 1 is 0.900 bits per heavy atom. The Labute approximate surface area is 292 Å². The fraction of sp³-hybridized carbons (Fsp3) is 0.317. The van der Waals surface area contributed by atoms with E-state index in [4.69, 9.17) is 14.4 Å². The third-order valence-corrected chi connectivity index (χ3v) is 10.3. The molecule has 2 atom stereocenters. The normalized spacial score (nSPS) is 18.3. The molecule has 5 heterocycles. The van der Waals surface area contributed by atoms with E-state index in [2.05, 4.69) is 83.3 Å². The summed E-state index contributed by atoms with van der Waals surface area (Å²) in [5.74, 6) is 1.92. The monoisotopic (exact) mass is 663 g/mol. The van der Waals surface area contributed by atoms with Gasteiger partial charge in [0.25, 0.3) is 0 Å². The first-order chi connectivity index (χ1) is 24.3. The maximum atomic E-state index is 10.0. The molecule has 3 aromatic carbocycles. The number of hydrogen-bond acceptors (Lipinski definition) is 9. The van der Waals surface area contributed by atoms with Crippen LogP contribution in [0.25, 0.3) is 44.6 Å². The van der Waals surface area contributed by atoms with Gasteiger partial charge in [-0.2, -0.15) is 5.26 Å². The maximum absolute atomic E-state index is 10.0. The van der Waals surface area contributed by atoms with Gasteiger partial charge in [0.15, 0.2) is 11.4 Å². The third-order valence-electron chi connectivity index (χ3n) is 10.3. The number of nitriles is 1. The molecule has 0 aliphatic carbocycles. The largest absolute Gasteiger partial charge is 0.435 e. The van der Waals surface area contributed by atoms with Gasteiger partial charge >= 0.3 is 0 Å². The zero-order chi connectivity index (χ0) is 34.4. The summed E-state index contributed by atoms with van der Waals surface area (Å²) in [6.45, 7) is 11.8. The molecule has 9 heteroatoms. The number of aliphatic hydroxyl groups excluding tert-OH is 1. The highest BCUT2D eigenvalue weighted by Crippen LogP contribution is 2.38. The first-order valence-electron chi connectivity index (χ1n) is 17.5. The number of pyridine rings is 2. The first-order valence-corrected chi connectivity index (χ1v) is 17.5. The van der Waals surface area contributed by atoms with Crippen LogP contribution < -0.4 is 5.32 Å². The predicted octanol–water partition coefficient (Wildman–Crippen LogP) is 7.75. The van der Waals surface area contributed by atoms with Crippen molar-refractivity contribution in [1.29, 1.82) is 5.26 Å². The van der Waals surface area contributed by atoms with E-state index in [-0.39, 0.29) is 6.10 Å². The molecule has 9 nitrogen and oxygen atoms in total. The average molecular weight is 664 g/mol. The van der Waals surface area contributed by atoms with Crippen LogP contribution in [0.3, 0.4) is 0 Å². The van der Waals surface area contributed by atoms with Crippen LogP contribution in [0.4, 0.5) is 11.5 Å². The van der Waals surface area contributed by atoms with Crippen LogP contribution in [0.1, 0.15) is 47.6 Å². The quantitative estimate of drug-likeness (QED) is 0.169. The van der Waals surface area contributed by atoms with Crippen molar-refractivity contribution in [2.45, 2.75) is 52.8 Å². The smallest absolute Gasteiger partial charge is 0.227 e. The lowest BCUT2D eigenvalue weighted by Crippen LogP contribution is -2.21. The Morgan fingerprint density at radius 3 is 2.44 bits per heavy atom. The summed E-state index contributed by atoms with van der Waals surface area (Å²) in [7, 11) is 0. The highest BCUT2D eigenvalue weighted by molar-refractivity contribution is 5.91. The van der Waals surface area contributed by atoms with Crippen LogP contribution in [0.5, 0.6) is 0 Å². The molecule has 0 bridgehead atoms. The Morgan fingerprint density at radius 2 is 1.66 bits per heavy atom. The van der Waals surface area contributed by atoms with E-state index in [0.29, 0.717) is 40.8 Å². The molecule has 0 unspecified atom stereocenters. The van der Waals surface area contributed by atoms with Gasteiger partial charge in [-0.05, 0) is 109 Å². The topological polar surface area (TPSA) is 114 Å². The Balaban J connectivity index is 1.08. The van der Waals surface area contributed by atoms with Crippen LogP contribution in [0, 0.1) is 31.1 Å². The van der Waals surface area contributed by atoms with Crippen LogP contribution >= 0.6 is 0 Å². The number of likely N-dealkylation sites (tertiary alicyclic amines) is 2. The molecule has 2 aliphatic heterocycles. The molecule has 2 aliphatic rings. The number of benzene rings is 3. The summed E-state index contributed by atoms with van der Waals surface area (Å²) in [5.41, 5.74) is 10.9. The second-order valence-electron chi connectivity index (χ2n) is 14.1. The SMILES string of the molecule is Cc1c(Nc2nccc3cc(CN4CC[C@@H](O)C4)cnc23)cccc1-c1cccc(-c2nc3cc(CN4CC[C@@H](C)C4)cc(C#N)c3o2)c1C. The van der Waals surface area contributed by atoms with Crippen LogP contribution in [0.2, 0.25) is 0 Å². The summed E-state index contributed by atoms with van der Waals surface area (Å²) in [5, 5.41) is 24.5. The summed E-state index contributed by atoms with van der Waals surface area (Å²) >= 11 is 0. The zero-order valence-corrected chi connectivity index (χ0v) is 28.8. The van der Waals surface area contributed by atoms with Crippen molar-refractivity contribution in [2.75, 3.05) is 31.5 Å². The fourth-order valence-corrected chi connectivity index (χ4v) is 7.66.